The minimum absolute atomic E-state index is 0.0307. The topological polar surface area (TPSA) is 27.6 Å². The number of aliphatic imine (C=N–C) groups is 1. The molecule has 3 nitrogen and oxygen atoms in total. The van der Waals surface area contributed by atoms with E-state index in [1.165, 1.54) is 67.0 Å². The van der Waals surface area contributed by atoms with Crippen molar-refractivity contribution in [2.45, 2.75) is 11.5 Å². The van der Waals surface area contributed by atoms with Crippen LogP contribution in [-0.4, -0.2) is 5.84 Å². The van der Waals surface area contributed by atoms with Crippen molar-refractivity contribution in [1.29, 1.82) is 0 Å². The molecule has 8 aromatic carbocycles. The van der Waals surface area contributed by atoms with E-state index in [1.807, 2.05) is 0 Å². The third-order valence-electron chi connectivity index (χ3n) is 11.5. The van der Waals surface area contributed by atoms with Crippen LogP contribution in [0.3, 0.4) is 0 Å². The first-order valence-corrected chi connectivity index (χ1v) is 18.7. The molecule has 3 aliphatic rings. The molecular formula is C51H35N3. The summed E-state index contributed by atoms with van der Waals surface area (Å²) in [5.41, 5.74) is 17.7. The highest BCUT2D eigenvalue weighted by Gasteiger charge is 2.51. The third-order valence-corrected chi connectivity index (χ3v) is 11.5. The minimum Gasteiger partial charge on any atom is -0.359 e. The fraction of sp³-hybridized carbons (Fsp3) is 0.0392. The Bertz CT molecular complexity index is 2700. The Morgan fingerprint density at radius 2 is 1.00 bits per heavy atom. The molecule has 8 aromatic rings. The number of nitrogens with zero attached hydrogens (tertiary/aromatic N) is 2. The first-order valence-electron chi connectivity index (χ1n) is 18.7. The Balaban J connectivity index is 1.05. The van der Waals surface area contributed by atoms with E-state index in [0.29, 0.717) is 0 Å². The number of hydrogen-bond donors (Lipinski definition) is 1. The molecule has 1 aliphatic carbocycles. The average Bonchev–Trinajstić information content (AvgIpc) is 3.54. The molecule has 1 atom stereocenters. The van der Waals surface area contributed by atoms with Gasteiger partial charge in [-0.05, 0) is 86.5 Å². The molecule has 0 aromatic heterocycles. The molecular weight excluding hydrogens is 655 g/mol. The van der Waals surface area contributed by atoms with Gasteiger partial charge in [0.25, 0.3) is 0 Å². The average molecular weight is 690 g/mol. The molecule has 254 valence electrons. The Kier molecular flexibility index (Phi) is 6.83. The molecule has 0 saturated heterocycles. The van der Waals surface area contributed by atoms with Crippen LogP contribution in [0.5, 0.6) is 0 Å². The highest BCUT2D eigenvalue weighted by molar-refractivity contribution is 6.03. The van der Waals surface area contributed by atoms with E-state index < -0.39 is 5.41 Å². The molecule has 0 fully saturated rings. The second kappa shape index (κ2) is 12.0. The van der Waals surface area contributed by atoms with Crippen LogP contribution in [-0.2, 0) is 5.41 Å². The van der Waals surface area contributed by atoms with Crippen molar-refractivity contribution in [2.24, 2.45) is 4.99 Å². The van der Waals surface area contributed by atoms with Crippen LogP contribution in [0.2, 0.25) is 0 Å². The SMILES string of the molecule is c1ccc(C2NC(c3ccc(-c4ccc5c(c4)C4(c6ccccc6-5)c5ccccc5N(c5ccccc5)c5ccccc54)cc3)=Nc3ccccc32)cc1. The van der Waals surface area contributed by atoms with Crippen molar-refractivity contribution in [3.8, 4) is 22.3 Å². The maximum absolute atomic E-state index is 5.09. The maximum atomic E-state index is 5.09. The van der Waals surface area contributed by atoms with Crippen molar-refractivity contribution in [3.63, 3.8) is 0 Å². The molecule has 11 rings (SSSR count). The molecule has 2 aliphatic heterocycles. The summed E-state index contributed by atoms with van der Waals surface area (Å²) in [6.45, 7) is 0. The normalized spacial score (nSPS) is 15.6. The van der Waals surface area contributed by atoms with Crippen LogP contribution >= 0.6 is 0 Å². The predicted octanol–water partition coefficient (Wildman–Crippen LogP) is 12.3. The summed E-state index contributed by atoms with van der Waals surface area (Å²) in [5.74, 6) is 0.885. The zero-order valence-electron chi connectivity index (χ0n) is 29.5. The molecule has 3 heteroatoms. The number of anilines is 3. The summed E-state index contributed by atoms with van der Waals surface area (Å²) in [4.78, 5) is 7.53. The van der Waals surface area contributed by atoms with Crippen LogP contribution < -0.4 is 10.2 Å². The summed E-state index contributed by atoms with van der Waals surface area (Å²) in [5, 5.41) is 3.76. The summed E-state index contributed by atoms with van der Waals surface area (Å²) in [6.07, 6.45) is 0. The predicted molar refractivity (Wildman–Crippen MR) is 221 cm³/mol. The lowest BCUT2D eigenvalue weighted by molar-refractivity contribution is 0.749. The van der Waals surface area contributed by atoms with Gasteiger partial charge in [0, 0.05) is 16.8 Å². The van der Waals surface area contributed by atoms with E-state index in [0.717, 1.165) is 22.8 Å². The smallest absolute Gasteiger partial charge is 0.134 e. The molecule has 0 amide bonds. The van der Waals surface area contributed by atoms with Gasteiger partial charge in [0.1, 0.15) is 5.84 Å². The van der Waals surface area contributed by atoms with Gasteiger partial charge < -0.3 is 10.2 Å². The molecule has 0 bridgehead atoms. The minimum atomic E-state index is -0.485. The Hall–Kier alpha value is -6.97. The van der Waals surface area contributed by atoms with E-state index in [9.17, 15) is 0 Å². The van der Waals surface area contributed by atoms with Crippen LogP contribution in [0, 0.1) is 0 Å². The molecule has 1 unspecified atom stereocenters. The first-order chi connectivity index (χ1) is 26.8. The Morgan fingerprint density at radius 1 is 0.444 bits per heavy atom. The molecule has 1 N–H and O–H groups in total. The van der Waals surface area contributed by atoms with Gasteiger partial charge in [0.2, 0.25) is 0 Å². The van der Waals surface area contributed by atoms with Gasteiger partial charge >= 0.3 is 0 Å². The number of benzene rings is 8. The standard InChI is InChI=1S/C51H35N3/c1-3-15-35(16-4-1)49-41-20-8-12-24-46(41)52-50(53-49)36-29-27-34(28-30-36)37-31-32-40-39-19-7-9-21-42(39)51(45(40)33-37)43-22-10-13-25-47(43)54(38-17-5-2-6-18-38)48-26-14-11-23-44(48)51/h1-33,49H,(H,52,53). The lowest BCUT2D eigenvalue weighted by Gasteiger charge is -2.45. The quantitative estimate of drug-likeness (QED) is 0.199. The lowest BCUT2D eigenvalue weighted by Crippen LogP contribution is -2.36. The van der Waals surface area contributed by atoms with E-state index in [-0.39, 0.29) is 6.04 Å². The number of nitrogens with one attached hydrogen (secondary N) is 1. The van der Waals surface area contributed by atoms with Crippen molar-refractivity contribution < 1.29 is 0 Å². The second-order valence-electron chi connectivity index (χ2n) is 14.3. The van der Waals surface area contributed by atoms with Crippen LogP contribution in [0.1, 0.15) is 45.0 Å². The van der Waals surface area contributed by atoms with Gasteiger partial charge in [-0.2, -0.15) is 0 Å². The third kappa shape index (κ3) is 4.45. The molecule has 1 spiro atoms. The van der Waals surface area contributed by atoms with E-state index >= 15 is 0 Å². The fourth-order valence-corrected chi connectivity index (χ4v) is 9.22. The highest BCUT2D eigenvalue weighted by atomic mass is 15.2. The van der Waals surface area contributed by atoms with Gasteiger partial charge in [-0.25, -0.2) is 4.99 Å². The molecule has 0 radical (unpaired) electrons. The molecule has 54 heavy (non-hydrogen) atoms. The first kappa shape index (κ1) is 30.6. The monoisotopic (exact) mass is 689 g/mol. The summed E-state index contributed by atoms with van der Waals surface area (Å²) in [6, 6.07) is 72.8. The number of hydrogen-bond acceptors (Lipinski definition) is 3. The number of rotatable bonds is 4. The number of para-hydroxylation sites is 4. The van der Waals surface area contributed by atoms with Gasteiger partial charge in [-0.1, -0.05) is 164 Å². The van der Waals surface area contributed by atoms with E-state index in [2.05, 4.69) is 210 Å². The molecule has 2 heterocycles. The summed E-state index contributed by atoms with van der Waals surface area (Å²) >= 11 is 0. The van der Waals surface area contributed by atoms with Crippen molar-refractivity contribution in [2.75, 3.05) is 4.90 Å². The van der Waals surface area contributed by atoms with E-state index in [4.69, 9.17) is 4.99 Å². The maximum Gasteiger partial charge on any atom is 0.134 e. The van der Waals surface area contributed by atoms with Crippen molar-refractivity contribution >= 4 is 28.6 Å². The summed E-state index contributed by atoms with van der Waals surface area (Å²) in [7, 11) is 0. The number of fused-ring (bicyclic) bond motifs is 10. The Labute approximate surface area is 315 Å². The van der Waals surface area contributed by atoms with E-state index in [1.54, 1.807) is 0 Å². The fourth-order valence-electron chi connectivity index (χ4n) is 9.22. The van der Waals surface area contributed by atoms with Gasteiger partial charge in [-0.3, -0.25) is 0 Å². The zero-order valence-corrected chi connectivity index (χ0v) is 29.5. The van der Waals surface area contributed by atoms with Crippen molar-refractivity contribution in [3.05, 3.63) is 239 Å². The molecule has 0 saturated carbocycles. The van der Waals surface area contributed by atoms with Gasteiger partial charge in [0.05, 0.1) is 28.5 Å². The summed E-state index contributed by atoms with van der Waals surface area (Å²) < 4.78 is 0. The lowest BCUT2D eigenvalue weighted by atomic mass is 9.64. The van der Waals surface area contributed by atoms with Gasteiger partial charge in [0.15, 0.2) is 0 Å². The van der Waals surface area contributed by atoms with Crippen LogP contribution in [0.15, 0.2) is 205 Å². The van der Waals surface area contributed by atoms with Crippen LogP contribution in [0.4, 0.5) is 22.7 Å². The highest BCUT2D eigenvalue weighted by Crippen LogP contribution is 2.63. The zero-order chi connectivity index (χ0) is 35.6. The van der Waals surface area contributed by atoms with Crippen LogP contribution in [0.25, 0.3) is 22.3 Å². The number of amidine groups is 1. The Morgan fingerprint density at radius 3 is 1.74 bits per heavy atom. The second-order valence-corrected chi connectivity index (χ2v) is 14.3. The largest absolute Gasteiger partial charge is 0.359 e. The van der Waals surface area contributed by atoms with Gasteiger partial charge in [-0.15, -0.1) is 0 Å². The van der Waals surface area contributed by atoms with Crippen molar-refractivity contribution in [1.82, 2.24) is 5.32 Å².